The molecule has 0 saturated heterocycles. The molecule has 0 radical (unpaired) electrons. The van der Waals surface area contributed by atoms with Crippen molar-refractivity contribution in [1.82, 2.24) is 5.32 Å². The molecule has 0 heterocycles. The fraction of sp³-hybridized carbons (Fsp3) is 0.647. The second-order valence-electron chi connectivity index (χ2n) is 6.65. The predicted molar refractivity (Wildman–Crippen MR) is 81.8 cm³/mol. The summed E-state index contributed by atoms with van der Waals surface area (Å²) in [6.07, 6.45) is 6.39. The SMILES string of the molecule is CC1CCC(NC2Cc3ccc(Cl)cc3C2)CC1C. The van der Waals surface area contributed by atoms with Crippen LogP contribution in [0.25, 0.3) is 0 Å². The number of hydrogen-bond acceptors (Lipinski definition) is 1. The van der Waals surface area contributed by atoms with Crippen LogP contribution in [0, 0.1) is 11.8 Å². The molecule has 3 rings (SSSR count). The van der Waals surface area contributed by atoms with Crippen LogP contribution in [0.3, 0.4) is 0 Å². The average molecular weight is 278 g/mol. The minimum Gasteiger partial charge on any atom is -0.311 e. The Labute approximate surface area is 121 Å². The maximum Gasteiger partial charge on any atom is 0.0408 e. The summed E-state index contributed by atoms with van der Waals surface area (Å²) in [6, 6.07) is 7.71. The largest absolute Gasteiger partial charge is 0.311 e. The van der Waals surface area contributed by atoms with Crippen molar-refractivity contribution in [1.29, 1.82) is 0 Å². The first-order valence-electron chi connectivity index (χ1n) is 7.65. The smallest absolute Gasteiger partial charge is 0.0408 e. The summed E-state index contributed by atoms with van der Waals surface area (Å²) in [7, 11) is 0. The van der Waals surface area contributed by atoms with Gasteiger partial charge in [-0.1, -0.05) is 31.5 Å². The number of rotatable bonds is 2. The maximum absolute atomic E-state index is 6.08. The van der Waals surface area contributed by atoms with Gasteiger partial charge in [0, 0.05) is 17.1 Å². The van der Waals surface area contributed by atoms with E-state index in [-0.39, 0.29) is 0 Å². The fourth-order valence-electron chi connectivity index (χ4n) is 3.74. The van der Waals surface area contributed by atoms with Crippen molar-refractivity contribution in [3.8, 4) is 0 Å². The molecule has 104 valence electrons. The molecule has 1 N–H and O–H groups in total. The molecular weight excluding hydrogens is 254 g/mol. The van der Waals surface area contributed by atoms with Gasteiger partial charge in [-0.15, -0.1) is 0 Å². The van der Waals surface area contributed by atoms with Crippen molar-refractivity contribution < 1.29 is 0 Å². The van der Waals surface area contributed by atoms with Crippen molar-refractivity contribution in [3.63, 3.8) is 0 Å². The number of benzene rings is 1. The quantitative estimate of drug-likeness (QED) is 0.853. The summed E-state index contributed by atoms with van der Waals surface area (Å²) in [5, 5.41) is 4.77. The molecule has 1 saturated carbocycles. The van der Waals surface area contributed by atoms with Gasteiger partial charge >= 0.3 is 0 Å². The zero-order valence-corrected chi connectivity index (χ0v) is 12.7. The first-order valence-corrected chi connectivity index (χ1v) is 8.03. The topological polar surface area (TPSA) is 12.0 Å². The van der Waals surface area contributed by atoms with E-state index < -0.39 is 0 Å². The Balaban J connectivity index is 1.59. The molecule has 1 aromatic carbocycles. The monoisotopic (exact) mass is 277 g/mol. The lowest BCUT2D eigenvalue weighted by atomic mass is 9.79. The molecule has 19 heavy (non-hydrogen) atoms. The molecule has 0 aliphatic heterocycles. The van der Waals surface area contributed by atoms with Gasteiger partial charge in [0.05, 0.1) is 0 Å². The molecule has 2 aliphatic rings. The van der Waals surface area contributed by atoms with Crippen LogP contribution in [0.15, 0.2) is 18.2 Å². The van der Waals surface area contributed by atoms with E-state index in [0.717, 1.165) is 29.3 Å². The van der Waals surface area contributed by atoms with Gasteiger partial charge in [0.1, 0.15) is 0 Å². The van der Waals surface area contributed by atoms with E-state index in [1.54, 1.807) is 0 Å². The van der Waals surface area contributed by atoms with Gasteiger partial charge in [-0.05, 0) is 67.2 Å². The van der Waals surface area contributed by atoms with E-state index in [0.29, 0.717) is 6.04 Å². The molecule has 4 atom stereocenters. The Morgan fingerprint density at radius 1 is 1.00 bits per heavy atom. The normalized spacial score (nSPS) is 34.3. The standard InChI is InChI=1S/C17H24ClN/c1-11-3-6-16(7-12(11)2)19-17-9-13-4-5-15(18)8-14(13)10-17/h4-5,8,11-12,16-17,19H,3,6-7,9-10H2,1-2H3. The van der Waals surface area contributed by atoms with Crippen molar-refractivity contribution in [2.45, 2.75) is 58.0 Å². The molecule has 0 spiro atoms. The van der Waals surface area contributed by atoms with Gasteiger partial charge in [0.2, 0.25) is 0 Å². The second kappa shape index (κ2) is 5.46. The predicted octanol–water partition coefficient (Wildman–Crippen LogP) is 4.22. The zero-order valence-electron chi connectivity index (χ0n) is 12.0. The summed E-state index contributed by atoms with van der Waals surface area (Å²) in [4.78, 5) is 0. The third-order valence-electron chi connectivity index (χ3n) is 5.17. The fourth-order valence-corrected chi connectivity index (χ4v) is 3.93. The summed E-state index contributed by atoms with van der Waals surface area (Å²) >= 11 is 6.08. The van der Waals surface area contributed by atoms with E-state index in [2.05, 4.69) is 31.3 Å². The lowest BCUT2D eigenvalue weighted by molar-refractivity contribution is 0.215. The summed E-state index contributed by atoms with van der Waals surface area (Å²) in [6.45, 7) is 4.80. The van der Waals surface area contributed by atoms with Crippen molar-refractivity contribution >= 4 is 11.6 Å². The Morgan fingerprint density at radius 2 is 1.79 bits per heavy atom. The molecule has 1 aromatic rings. The lowest BCUT2D eigenvalue weighted by Crippen LogP contribution is -2.42. The van der Waals surface area contributed by atoms with Gasteiger partial charge < -0.3 is 5.32 Å². The van der Waals surface area contributed by atoms with E-state index >= 15 is 0 Å². The number of nitrogens with one attached hydrogen (secondary N) is 1. The maximum atomic E-state index is 6.08. The summed E-state index contributed by atoms with van der Waals surface area (Å²) in [5.74, 6) is 1.77. The van der Waals surface area contributed by atoms with Gasteiger partial charge in [0.25, 0.3) is 0 Å². The van der Waals surface area contributed by atoms with E-state index in [1.807, 2.05) is 6.07 Å². The van der Waals surface area contributed by atoms with Crippen molar-refractivity contribution in [2.75, 3.05) is 0 Å². The highest BCUT2D eigenvalue weighted by atomic mass is 35.5. The zero-order chi connectivity index (χ0) is 13.4. The van der Waals surface area contributed by atoms with Gasteiger partial charge in [-0.3, -0.25) is 0 Å². The third-order valence-corrected chi connectivity index (χ3v) is 5.41. The Bertz CT molecular complexity index is 457. The number of hydrogen-bond donors (Lipinski definition) is 1. The summed E-state index contributed by atoms with van der Waals surface area (Å²) in [5.41, 5.74) is 2.93. The van der Waals surface area contributed by atoms with Gasteiger partial charge in [-0.2, -0.15) is 0 Å². The minimum atomic E-state index is 0.624. The van der Waals surface area contributed by atoms with Crippen LogP contribution < -0.4 is 5.32 Å². The van der Waals surface area contributed by atoms with Crippen LogP contribution in [-0.4, -0.2) is 12.1 Å². The lowest BCUT2D eigenvalue weighted by Gasteiger charge is -2.34. The molecule has 2 aliphatic carbocycles. The van der Waals surface area contributed by atoms with E-state index in [1.165, 1.54) is 36.8 Å². The van der Waals surface area contributed by atoms with E-state index in [9.17, 15) is 0 Å². The van der Waals surface area contributed by atoms with Crippen LogP contribution in [0.5, 0.6) is 0 Å². The first-order chi connectivity index (χ1) is 9.11. The molecule has 1 fully saturated rings. The van der Waals surface area contributed by atoms with Crippen molar-refractivity contribution in [2.24, 2.45) is 11.8 Å². The molecule has 0 amide bonds. The van der Waals surface area contributed by atoms with Crippen LogP contribution in [-0.2, 0) is 12.8 Å². The van der Waals surface area contributed by atoms with Gasteiger partial charge in [0.15, 0.2) is 0 Å². The van der Waals surface area contributed by atoms with Crippen LogP contribution in [0.2, 0.25) is 5.02 Å². The summed E-state index contributed by atoms with van der Waals surface area (Å²) < 4.78 is 0. The molecule has 0 aromatic heterocycles. The second-order valence-corrected chi connectivity index (χ2v) is 7.09. The number of halogens is 1. The third kappa shape index (κ3) is 2.98. The Morgan fingerprint density at radius 3 is 2.58 bits per heavy atom. The Hall–Kier alpha value is -0.530. The van der Waals surface area contributed by atoms with Gasteiger partial charge in [-0.25, -0.2) is 0 Å². The van der Waals surface area contributed by atoms with Crippen LogP contribution >= 0.6 is 11.6 Å². The Kier molecular flexibility index (Phi) is 3.86. The minimum absolute atomic E-state index is 0.624. The van der Waals surface area contributed by atoms with E-state index in [4.69, 9.17) is 11.6 Å². The molecule has 0 bridgehead atoms. The van der Waals surface area contributed by atoms with Crippen molar-refractivity contribution in [3.05, 3.63) is 34.3 Å². The number of fused-ring (bicyclic) bond motifs is 1. The molecule has 2 heteroatoms. The highest BCUT2D eigenvalue weighted by molar-refractivity contribution is 6.30. The molecule has 1 nitrogen and oxygen atoms in total. The van der Waals surface area contributed by atoms with Crippen LogP contribution in [0.1, 0.15) is 44.2 Å². The molecular formula is C17H24ClN. The average Bonchev–Trinajstić information content (AvgIpc) is 2.75. The first kappa shape index (κ1) is 13.5. The highest BCUT2D eigenvalue weighted by Crippen LogP contribution is 2.31. The molecule has 4 unspecified atom stereocenters. The van der Waals surface area contributed by atoms with Crippen LogP contribution in [0.4, 0.5) is 0 Å². The highest BCUT2D eigenvalue weighted by Gasteiger charge is 2.28.